The lowest BCUT2D eigenvalue weighted by Gasteiger charge is -2.21. The van der Waals surface area contributed by atoms with Gasteiger partial charge < -0.3 is 10.6 Å². The Bertz CT molecular complexity index is 425. The van der Waals surface area contributed by atoms with E-state index >= 15 is 0 Å². The Morgan fingerprint density at radius 3 is 2.47 bits per heavy atom. The number of carbonyl (C=O) groups excluding carboxylic acids is 1. The summed E-state index contributed by atoms with van der Waals surface area (Å²) in [6, 6.07) is 0.0840. The molecule has 0 bridgehead atoms. The molecule has 0 fully saturated rings. The van der Waals surface area contributed by atoms with Gasteiger partial charge in [-0.3, -0.25) is 4.79 Å². The normalized spacial score (nSPS) is 12.2. The second-order valence-electron chi connectivity index (χ2n) is 4.54. The number of nitrogens with two attached hydrogens (primary N) is 1. The number of hydrogen-bond donors (Lipinski definition) is 1. The molecule has 1 heterocycles. The summed E-state index contributed by atoms with van der Waals surface area (Å²) in [6.07, 6.45) is 0.754. The first kappa shape index (κ1) is 18.9. The number of halogens is 3. The highest BCUT2D eigenvalue weighted by Crippen LogP contribution is 2.29. The lowest BCUT2D eigenvalue weighted by Crippen LogP contribution is -2.34. The van der Waals surface area contributed by atoms with Crippen molar-refractivity contribution in [1.82, 2.24) is 9.27 Å². The molecule has 2 N–H and O–H groups in total. The van der Waals surface area contributed by atoms with E-state index in [0.29, 0.717) is 17.3 Å². The molecule has 1 rings (SSSR count). The zero-order valence-corrected chi connectivity index (χ0v) is 14.2. The lowest BCUT2D eigenvalue weighted by atomic mass is 10.0. The van der Waals surface area contributed by atoms with E-state index in [4.69, 9.17) is 28.9 Å². The van der Waals surface area contributed by atoms with Gasteiger partial charge in [0.15, 0.2) is 5.15 Å². The summed E-state index contributed by atoms with van der Waals surface area (Å²) in [5, 5.41) is 0.406. The Kier molecular flexibility index (Phi) is 8.24. The number of carbonyl (C=O) groups is 1. The SMILES string of the molecule is CC(C)C(N)CCN(C)C(=O)c1snc(Cl)c1Cl.Cl. The summed E-state index contributed by atoms with van der Waals surface area (Å²) >= 11 is 12.6. The van der Waals surface area contributed by atoms with Gasteiger partial charge in [-0.25, -0.2) is 0 Å². The van der Waals surface area contributed by atoms with Gasteiger partial charge in [0.1, 0.15) is 9.90 Å². The molecule has 1 aromatic heterocycles. The van der Waals surface area contributed by atoms with Gasteiger partial charge in [0, 0.05) is 19.6 Å². The monoisotopic (exact) mass is 345 g/mol. The fourth-order valence-corrected chi connectivity index (χ4v) is 2.55. The van der Waals surface area contributed by atoms with Crippen LogP contribution in [0.15, 0.2) is 0 Å². The van der Waals surface area contributed by atoms with Crippen molar-refractivity contribution in [2.24, 2.45) is 11.7 Å². The van der Waals surface area contributed by atoms with Gasteiger partial charge in [-0.1, -0.05) is 37.0 Å². The molecule has 1 unspecified atom stereocenters. The van der Waals surface area contributed by atoms with Gasteiger partial charge >= 0.3 is 0 Å². The van der Waals surface area contributed by atoms with Crippen molar-refractivity contribution in [3.8, 4) is 0 Å². The van der Waals surface area contributed by atoms with Crippen LogP contribution in [-0.4, -0.2) is 34.8 Å². The van der Waals surface area contributed by atoms with Gasteiger partial charge in [0.25, 0.3) is 5.91 Å². The third-order valence-electron chi connectivity index (χ3n) is 2.79. The van der Waals surface area contributed by atoms with Crippen molar-refractivity contribution in [1.29, 1.82) is 0 Å². The Hall–Kier alpha value is -0.0700. The molecule has 8 heteroatoms. The molecule has 19 heavy (non-hydrogen) atoms. The van der Waals surface area contributed by atoms with Crippen LogP contribution in [0.2, 0.25) is 10.2 Å². The summed E-state index contributed by atoms with van der Waals surface area (Å²) in [6.45, 7) is 4.71. The smallest absolute Gasteiger partial charge is 0.266 e. The van der Waals surface area contributed by atoms with E-state index in [9.17, 15) is 4.79 Å². The minimum absolute atomic E-state index is 0. The Morgan fingerprint density at radius 1 is 1.47 bits per heavy atom. The lowest BCUT2D eigenvalue weighted by molar-refractivity contribution is 0.0794. The van der Waals surface area contributed by atoms with Crippen molar-refractivity contribution in [3.05, 3.63) is 15.1 Å². The molecule has 0 saturated carbocycles. The molecular weight excluding hydrogens is 329 g/mol. The summed E-state index contributed by atoms with van der Waals surface area (Å²) in [5.74, 6) is 0.232. The van der Waals surface area contributed by atoms with E-state index in [1.54, 1.807) is 11.9 Å². The van der Waals surface area contributed by atoms with Crippen LogP contribution in [0, 0.1) is 5.92 Å². The van der Waals surface area contributed by atoms with E-state index < -0.39 is 0 Å². The molecule has 0 aliphatic carbocycles. The second kappa shape index (κ2) is 8.27. The first-order valence-corrected chi connectivity index (χ1v) is 7.19. The van der Waals surface area contributed by atoms with E-state index in [1.807, 2.05) is 0 Å². The third-order valence-corrected chi connectivity index (χ3v) is 4.58. The molecule has 1 amide bonds. The fourth-order valence-electron chi connectivity index (χ4n) is 1.34. The van der Waals surface area contributed by atoms with Crippen LogP contribution in [0.25, 0.3) is 0 Å². The molecule has 110 valence electrons. The zero-order valence-electron chi connectivity index (χ0n) is 11.0. The predicted octanol–water partition coefficient (Wildman–Crippen LogP) is 3.32. The fraction of sp³-hybridized carbons (Fsp3) is 0.636. The van der Waals surface area contributed by atoms with Gasteiger partial charge in [-0.2, -0.15) is 4.37 Å². The molecule has 0 aliphatic heterocycles. The van der Waals surface area contributed by atoms with E-state index in [0.717, 1.165) is 18.0 Å². The largest absolute Gasteiger partial charge is 0.341 e. The summed E-state index contributed by atoms with van der Waals surface area (Å²) in [5.41, 5.74) is 5.94. The van der Waals surface area contributed by atoms with Crippen molar-refractivity contribution < 1.29 is 4.79 Å². The molecule has 4 nitrogen and oxygen atoms in total. The van der Waals surface area contributed by atoms with E-state index in [2.05, 4.69) is 18.2 Å². The average molecular weight is 347 g/mol. The van der Waals surface area contributed by atoms with Crippen molar-refractivity contribution >= 4 is 53.0 Å². The first-order valence-electron chi connectivity index (χ1n) is 5.66. The molecule has 1 atom stereocenters. The molecule has 0 radical (unpaired) electrons. The predicted molar refractivity (Wildman–Crippen MR) is 83.8 cm³/mol. The Morgan fingerprint density at radius 2 is 2.05 bits per heavy atom. The van der Waals surface area contributed by atoms with E-state index in [-0.39, 0.29) is 34.5 Å². The van der Waals surface area contributed by atoms with Crippen LogP contribution in [-0.2, 0) is 0 Å². The van der Waals surface area contributed by atoms with Gasteiger partial charge in [-0.05, 0) is 23.9 Å². The van der Waals surface area contributed by atoms with Crippen molar-refractivity contribution in [2.75, 3.05) is 13.6 Å². The molecular formula is C11H18Cl3N3OS. The Labute approximate surface area is 133 Å². The highest BCUT2D eigenvalue weighted by Gasteiger charge is 2.21. The standard InChI is InChI=1S/C11H17Cl2N3OS.ClH/c1-6(2)7(14)4-5-16(3)11(17)9-8(12)10(13)15-18-9;/h6-7H,4-5,14H2,1-3H3;1H. The maximum atomic E-state index is 12.1. The average Bonchev–Trinajstić information content (AvgIpc) is 2.65. The van der Waals surface area contributed by atoms with Crippen molar-refractivity contribution in [2.45, 2.75) is 26.3 Å². The van der Waals surface area contributed by atoms with E-state index in [1.165, 1.54) is 0 Å². The molecule has 0 spiro atoms. The first-order chi connectivity index (χ1) is 8.34. The number of rotatable bonds is 5. The summed E-state index contributed by atoms with van der Waals surface area (Å²) in [4.78, 5) is 14.0. The Balaban J connectivity index is 0.00000324. The highest BCUT2D eigenvalue weighted by molar-refractivity contribution is 7.09. The van der Waals surface area contributed by atoms with Crippen LogP contribution in [0.3, 0.4) is 0 Å². The van der Waals surface area contributed by atoms with Crippen molar-refractivity contribution in [3.63, 3.8) is 0 Å². The minimum atomic E-state index is -0.166. The maximum absolute atomic E-state index is 12.1. The zero-order chi connectivity index (χ0) is 13.9. The van der Waals surface area contributed by atoms with Crippen LogP contribution in [0.5, 0.6) is 0 Å². The minimum Gasteiger partial charge on any atom is -0.341 e. The molecule has 1 aromatic rings. The molecule has 0 aromatic carbocycles. The van der Waals surface area contributed by atoms with Crippen LogP contribution in [0.1, 0.15) is 29.9 Å². The number of hydrogen-bond acceptors (Lipinski definition) is 4. The quantitative estimate of drug-likeness (QED) is 0.889. The second-order valence-corrected chi connectivity index (χ2v) is 6.05. The number of amides is 1. The maximum Gasteiger partial charge on any atom is 0.266 e. The third kappa shape index (κ3) is 5.08. The van der Waals surface area contributed by atoms with Gasteiger partial charge in [0.2, 0.25) is 0 Å². The molecule has 0 aliphatic rings. The number of nitrogens with zero attached hydrogens (tertiary/aromatic N) is 2. The van der Waals surface area contributed by atoms with Crippen LogP contribution in [0.4, 0.5) is 0 Å². The van der Waals surface area contributed by atoms with Crippen LogP contribution < -0.4 is 5.73 Å². The summed E-state index contributed by atoms with van der Waals surface area (Å²) < 4.78 is 3.85. The summed E-state index contributed by atoms with van der Waals surface area (Å²) in [7, 11) is 1.72. The highest BCUT2D eigenvalue weighted by atomic mass is 35.5. The number of aromatic nitrogens is 1. The molecule has 0 saturated heterocycles. The van der Waals surface area contributed by atoms with Gasteiger partial charge in [0.05, 0.1) is 0 Å². The van der Waals surface area contributed by atoms with Crippen LogP contribution >= 0.6 is 47.1 Å². The topological polar surface area (TPSA) is 59.2 Å². The van der Waals surface area contributed by atoms with Gasteiger partial charge in [-0.15, -0.1) is 12.4 Å².